The first kappa shape index (κ1) is 21.1. The molecule has 162 valence electrons. The molecule has 1 amide bonds. The van der Waals surface area contributed by atoms with Gasteiger partial charge in [-0.1, -0.05) is 18.2 Å². The minimum atomic E-state index is -0.491. The normalized spacial score (nSPS) is 18.5. The molecule has 0 spiro atoms. The summed E-state index contributed by atoms with van der Waals surface area (Å²) in [6.45, 7) is 0.297. The van der Waals surface area contributed by atoms with Gasteiger partial charge in [-0.3, -0.25) is 9.89 Å². The number of aliphatic hydroxyl groups excluding tert-OH is 1. The fraction of sp³-hybridized carbons (Fsp3) is 0.333. The van der Waals surface area contributed by atoms with Crippen molar-refractivity contribution >= 4 is 5.91 Å². The van der Waals surface area contributed by atoms with Gasteiger partial charge in [-0.05, 0) is 61.4 Å². The first-order valence-electron chi connectivity index (χ1n) is 10.5. The molecule has 6 nitrogen and oxygen atoms in total. The summed E-state index contributed by atoms with van der Waals surface area (Å²) >= 11 is 0. The van der Waals surface area contributed by atoms with Crippen LogP contribution in [0.4, 0.5) is 4.39 Å². The third kappa shape index (κ3) is 4.77. The Balaban J connectivity index is 1.48. The highest BCUT2D eigenvalue weighted by Crippen LogP contribution is 2.37. The molecule has 1 aliphatic rings. The molecular weight excluding hydrogens is 397 g/mol. The van der Waals surface area contributed by atoms with E-state index >= 15 is 0 Å². The van der Waals surface area contributed by atoms with Crippen LogP contribution in [-0.2, 0) is 6.54 Å². The summed E-state index contributed by atoms with van der Waals surface area (Å²) < 4.78 is 18.7. The molecule has 1 saturated carbocycles. The highest BCUT2D eigenvalue weighted by molar-refractivity contribution is 5.96. The smallest absolute Gasteiger partial charge is 0.255 e. The molecular formula is C24H26FN3O3. The lowest BCUT2D eigenvalue weighted by Crippen LogP contribution is -2.23. The molecule has 4 rings (SSSR count). The van der Waals surface area contributed by atoms with Crippen LogP contribution in [0.5, 0.6) is 5.75 Å². The number of aliphatic hydroxyl groups is 1. The minimum absolute atomic E-state index is 0.161. The SMILES string of the molecule is COc1ccc(F)cc1C(=O)NCc1cccc(-c2[nH]ncc2C2CCC(O)CC2)c1. The predicted octanol–water partition coefficient (Wildman–Crippen LogP) is 4.17. The zero-order valence-corrected chi connectivity index (χ0v) is 17.4. The van der Waals surface area contributed by atoms with Crippen molar-refractivity contribution in [2.45, 2.75) is 44.2 Å². The number of nitrogens with zero attached hydrogens (tertiary/aromatic N) is 1. The second-order valence-electron chi connectivity index (χ2n) is 7.93. The molecule has 31 heavy (non-hydrogen) atoms. The van der Waals surface area contributed by atoms with Crippen LogP contribution < -0.4 is 10.1 Å². The van der Waals surface area contributed by atoms with Gasteiger partial charge >= 0.3 is 0 Å². The first-order chi connectivity index (χ1) is 15.0. The van der Waals surface area contributed by atoms with E-state index in [1.54, 1.807) is 0 Å². The number of methoxy groups -OCH3 is 1. The maximum absolute atomic E-state index is 13.6. The number of carbonyl (C=O) groups excluding carboxylic acids is 1. The monoisotopic (exact) mass is 423 g/mol. The number of carbonyl (C=O) groups is 1. The first-order valence-corrected chi connectivity index (χ1v) is 10.5. The summed E-state index contributed by atoms with van der Waals surface area (Å²) in [5.74, 6) is -0.187. The van der Waals surface area contributed by atoms with Crippen LogP contribution in [0.25, 0.3) is 11.3 Å². The summed E-state index contributed by atoms with van der Waals surface area (Å²) in [7, 11) is 1.45. The van der Waals surface area contributed by atoms with E-state index < -0.39 is 11.7 Å². The van der Waals surface area contributed by atoms with Crippen LogP contribution >= 0.6 is 0 Å². The molecule has 2 aromatic carbocycles. The van der Waals surface area contributed by atoms with Crippen LogP contribution in [0, 0.1) is 5.82 Å². The van der Waals surface area contributed by atoms with E-state index in [-0.39, 0.29) is 11.7 Å². The van der Waals surface area contributed by atoms with E-state index in [1.807, 2.05) is 30.5 Å². The van der Waals surface area contributed by atoms with E-state index in [0.29, 0.717) is 18.2 Å². The van der Waals surface area contributed by atoms with Crippen LogP contribution in [0.2, 0.25) is 0 Å². The van der Waals surface area contributed by atoms with Gasteiger partial charge in [-0.25, -0.2) is 4.39 Å². The highest BCUT2D eigenvalue weighted by atomic mass is 19.1. The molecule has 0 unspecified atom stereocenters. The summed E-state index contributed by atoms with van der Waals surface area (Å²) in [6.07, 6.45) is 5.19. The Kier molecular flexibility index (Phi) is 6.32. The van der Waals surface area contributed by atoms with Crippen LogP contribution in [0.1, 0.15) is 53.1 Å². The molecule has 0 radical (unpaired) electrons. The molecule has 7 heteroatoms. The second-order valence-corrected chi connectivity index (χ2v) is 7.93. The van der Waals surface area contributed by atoms with Crippen molar-refractivity contribution in [1.29, 1.82) is 0 Å². The number of H-pyrrole nitrogens is 1. The fourth-order valence-electron chi connectivity index (χ4n) is 4.20. The summed E-state index contributed by atoms with van der Waals surface area (Å²) in [4.78, 5) is 12.6. The van der Waals surface area contributed by atoms with E-state index in [4.69, 9.17) is 4.74 Å². The number of hydrogen-bond acceptors (Lipinski definition) is 4. The Morgan fingerprint density at radius 1 is 1.23 bits per heavy atom. The molecule has 1 aromatic heterocycles. The van der Waals surface area contributed by atoms with E-state index in [1.165, 1.54) is 25.3 Å². The van der Waals surface area contributed by atoms with Gasteiger partial charge in [0.2, 0.25) is 0 Å². The van der Waals surface area contributed by atoms with E-state index in [0.717, 1.165) is 48.1 Å². The summed E-state index contributed by atoms with van der Waals surface area (Å²) in [6, 6.07) is 11.8. The average Bonchev–Trinajstić information content (AvgIpc) is 3.28. The van der Waals surface area contributed by atoms with Gasteiger partial charge in [0.25, 0.3) is 5.91 Å². The largest absolute Gasteiger partial charge is 0.496 e. The van der Waals surface area contributed by atoms with Crippen molar-refractivity contribution in [2.75, 3.05) is 7.11 Å². The molecule has 3 aromatic rings. The van der Waals surface area contributed by atoms with E-state index in [2.05, 4.69) is 15.5 Å². The number of aromatic amines is 1. The predicted molar refractivity (Wildman–Crippen MR) is 115 cm³/mol. The van der Waals surface area contributed by atoms with Crippen molar-refractivity contribution in [3.63, 3.8) is 0 Å². The number of amides is 1. The number of ether oxygens (including phenoxy) is 1. The third-order valence-corrected chi connectivity index (χ3v) is 5.88. The third-order valence-electron chi connectivity index (χ3n) is 5.88. The lowest BCUT2D eigenvalue weighted by atomic mass is 9.82. The molecule has 1 fully saturated rings. The fourth-order valence-corrected chi connectivity index (χ4v) is 4.20. The number of aromatic nitrogens is 2. The minimum Gasteiger partial charge on any atom is -0.496 e. The number of hydrogen-bond donors (Lipinski definition) is 3. The number of nitrogens with one attached hydrogen (secondary N) is 2. The molecule has 0 aliphatic heterocycles. The van der Waals surface area contributed by atoms with Gasteiger partial charge in [0.15, 0.2) is 0 Å². The number of rotatable bonds is 6. The second kappa shape index (κ2) is 9.31. The van der Waals surface area contributed by atoms with Crippen LogP contribution in [0.15, 0.2) is 48.7 Å². The average molecular weight is 423 g/mol. The van der Waals surface area contributed by atoms with Crippen LogP contribution in [-0.4, -0.2) is 34.4 Å². The zero-order chi connectivity index (χ0) is 21.8. The number of halogens is 1. The van der Waals surface area contributed by atoms with E-state index in [9.17, 15) is 14.3 Å². The highest BCUT2D eigenvalue weighted by Gasteiger charge is 2.24. The van der Waals surface area contributed by atoms with Gasteiger partial charge < -0.3 is 15.2 Å². The van der Waals surface area contributed by atoms with Crippen molar-refractivity contribution < 1.29 is 19.0 Å². The van der Waals surface area contributed by atoms with Crippen molar-refractivity contribution in [2.24, 2.45) is 0 Å². The van der Waals surface area contributed by atoms with Gasteiger partial charge in [0.1, 0.15) is 11.6 Å². The zero-order valence-electron chi connectivity index (χ0n) is 17.4. The van der Waals surface area contributed by atoms with Gasteiger partial charge in [0, 0.05) is 17.7 Å². The maximum Gasteiger partial charge on any atom is 0.255 e. The van der Waals surface area contributed by atoms with Gasteiger partial charge in [-0.2, -0.15) is 5.10 Å². The maximum atomic E-state index is 13.6. The molecule has 1 aliphatic carbocycles. The number of benzene rings is 2. The Labute approximate surface area is 180 Å². The molecule has 1 heterocycles. The molecule has 0 saturated heterocycles. The standard InChI is InChI=1S/C24H26FN3O3/c1-31-22-10-7-18(25)12-20(22)24(30)26-13-15-3-2-4-17(11-15)23-21(14-27-28-23)16-5-8-19(29)9-6-16/h2-4,7,10-12,14,16,19,29H,5-6,8-9,13H2,1H3,(H,26,30)(H,27,28). The summed E-state index contributed by atoms with van der Waals surface area (Å²) in [5.41, 5.74) is 4.21. The van der Waals surface area contributed by atoms with Gasteiger partial charge in [0.05, 0.1) is 30.7 Å². The lowest BCUT2D eigenvalue weighted by Gasteiger charge is -2.25. The molecule has 0 bridgehead atoms. The van der Waals surface area contributed by atoms with Crippen molar-refractivity contribution in [3.8, 4) is 17.0 Å². The summed E-state index contributed by atoms with van der Waals surface area (Å²) in [5, 5.41) is 20.0. The van der Waals surface area contributed by atoms with Crippen molar-refractivity contribution in [1.82, 2.24) is 15.5 Å². The van der Waals surface area contributed by atoms with Crippen molar-refractivity contribution in [3.05, 3.63) is 71.2 Å². The molecule has 0 atom stereocenters. The molecule has 3 N–H and O–H groups in total. The quantitative estimate of drug-likeness (QED) is 0.555. The topological polar surface area (TPSA) is 87.2 Å². The Hall–Kier alpha value is -3.19. The van der Waals surface area contributed by atoms with Gasteiger partial charge in [-0.15, -0.1) is 0 Å². The van der Waals surface area contributed by atoms with Crippen LogP contribution in [0.3, 0.4) is 0 Å². The Morgan fingerprint density at radius 2 is 2.03 bits per heavy atom. The Bertz CT molecular complexity index is 1060. The Morgan fingerprint density at radius 3 is 2.81 bits per heavy atom. The lowest BCUT2D eigenvalue weighted by molar-refractivity contribution is 0.0947.